The fourth-order valence-corrected chi connectivity index (χ4v) is 1.64. The zero-order chi connectivity index (χ0) is 10.8. The maximum absolute atomic E-state index is 3.71. The quantitative estimate of drug-likeness (QED) is 0.655. The Morgan fingerprint density at radius 2 is 1.64 bits per heavy atom. The molecular weight excluding hydrogens is 188 g/mol. The Hall–Kier alpha value is -0.430. The van der Waals surface area contributed by atoms with E-state index in [1.807, 2.05) is 0 Å². The lowest BCUT2D eigenvalue weighted by atomic mass is 9.86. The fourth-order valence-electron chi connectivity index (χ4n) is 1.45. The highest BCUT2D eigenvalue weighted by molar-refractivity contribution is 7.59. The van der Waals surface area contributed by atoms with Crippen LogP contribution in [0.5, 0.6) is 0 Å². The topological polar surface area (TPSA) is 0 Å². The second-order valence-corrected chi connectivity index (χ2v) is 5.53. The summed E-state index contributed by atoms with van der Waals surface area (Å²) in [6.07, 6.45) is 1.13. The summed E-state index contributed by atoms with van der Waals surface area (Å²) in [7, 11) is 0. The van der Waals surface area contributed by atoms with Crippen LogP contribution in [-0.4, -0.2) is 0 Å². The minimum absolute atomic E-state index is 0.256. The Kier molecular flexibility index (Phi) is 3.65. The maximum Gasteiger partial charge on any atom is 0.138 e. The van der Waals surface area contributed by atoms with Gasteiger partial charge in [-0.2, -0.15) is 0 Å². The van der Waals surface area contributed by atoms with E-state index in [-0.39, 0.29) is 5.41 Å². The van der Waals surface area contributed by atoms with E-state index in [1.54, 1.807) is 0 Å². The van der Waals surface area contributed by atoms with Gasteiger partial charge >= 0.3 is 0 Å². The number of hydrogen-bond donors (Lipinski definition) is 0. The van der Waals surface area contributed by atoms with Gasteiger partial charge in [-0.25, -0.2) is 0 Å². The van der Waals surface area contributed by atoms with Gasteiger partial charge in [0, 0.05) is 5.56 Å². The third-order valence-electron chi connectivity index (χ3n) is 2.59. The van der Waals surface area contributed by atoms with Crippen LogP contribution < -0.4 is 0 Å². The molecule has 0 aliphatic heterocycles. The number of benzene rings is 1. The first kappa shape index (κ1) is 11.6. The molecule has 0 saturated heterocycles. The monoisotopic (exact) mass is 209 g/mol. The molecule has 1 rings (SSSR count). The summed E-state index contributed by atoms with van der Waals surface area (Å²) in [5.74, 6) is 0. The Labute approximate surface area is 93.1 Å². The highest BCUT2D eigenvalue weighted by Crippen LogP contribution is 2.25. The molecule has 0 amide bonds. The molecule has 0 fully saturated rings. The van der Waals surface area contributed by atoms with Crippen molar-refractivity contribution in [2.24, 2.45) is 0 Å². The van der Waals surface area contributed by atoms with Gasteiger partial charge in [0.1, 0.15) is 5.25 Å². The van der Waals surface area contributed by atoms with Crippen LogP contribution in [0.25, 0.3) is 0 Å². The van der Waals surface area contributed by atoms with Gasteiger partial charge in [-0.3, -0.25) is 0 Å². The van der Waals surface area contributed by atoms with E-state index in [4.69, 9.17) is 0 Å². The van der Waals surface area contributed by atoms with Crippen LogP contribution in [0, 0.1) is 0 Å². The average molecular weight is 209 g/mol. The van der Waals surface area contributed by atoms with Crippen molar-refractivity contribution in [2.45, 2.75) is 44.8 Å². The molecule has 0 aliphatic carbocycles. The van der Waals surface area contributed by atoms with E-state index in [9.17, 15) is 0 Å². The lowest BCUT2D eigenvalue weighted by Crippen LogP contribution is -2.10. The normalized spacial score (nSPS) is 14.1. The molecule has 78 valence electrons. The van der Waals surface area contributed by atoms with Crippen molar-refractivity contribution < 1.29 is 0 Å². The zero-order valence-corrected chi connectivity index (χ0v) is 10.6. The Morgan fingerprint density at radius 3 is 2.00 bits per heavy atom. The lowest BCUT2D eigenvalue weighted by molar-refractivity contribution is 0.590. The second kappa shape index (κ2) is 4.39. The molecule has 0 heterocycles. The summed E-state index contributed by atoms with van der Waals surface area (Å²) >= 11 is 3.71. The first-order chi connectivity index (χ1) is 6.45. The Morgan fingerprint density at radius 1 is 1.14 bits per heavy atom. The van der Waals surface area contributed by atoms with E-state index in [2.05, 4.69) is 64.6 Å². The zero-order valence-electron chi connectivity index (χ0n) is 9.59. The summed E-state index contributed by atoms with van der Waals surface area (Å²) < 4.78 is 0. The summed E-state index contributed by atoms with van der Waals surface area (Å²) in [4.78, 5) is 0. The predicted octanol–water partition coefficient (Wildman–Crippen LogP) is 3.45. The summed E-state index contributed by atoms with van der Waals surface area (Å²) in [5, 5.41) is 0.490. The first-order valence-electron chi connectivity index (χ1n) is 5.26. The van der Waals surface area contributed by atoms with E-state index in [0.29, 0.717) is 5.25 Å². The second-order valence-electron chi connectivity index (χ2n) is 4.83. The van der Waals surface area contributed by atoms with Crippen LogP contribution >= 0.6 is 0 Å². The van der Waals surface area contributed by atoms with Gasteiger partial charge in [-0.15, -0.1) is 0 Å². The van der Waals surface area contributed by atoms with Crippen molar-refractivity contribution in [3.8, 4) is 0 Å². The molecule has 1 atom stereocenters. The van der Waals surface area contributed by atoms with Crippen molar-refractivity contribution >= 4 is 12.6 Å². The maximum atomic E-state index is 3.71. The van der Waals surface area contributed by atoms with Crippen LogP contribution in [0.1, 0.15) is 50.5 Å². The molecule has 14 heavy (non-hydrogen) atoms. The van der Waals surface area contributed by atoms with Crippen molar-refractivity contribution in [1.29, 1.82) is 0 Å². The highest BCUT2D eigenvalue weighted by atomic mass is 32.1. The van der Waals surface area contributed by atoms with Crippen LogP contribution in [0.15, 0.2) is 24.3 Å². The van der Waals surface area contributed by atoms with Crippen molar-refractivity contribution in [3.63, 3.8) is 0 Å². The van der Waals surface area contributed by atoms with Gasteiger partial charge in [0.2, 0.25) is 0 Å². The minimum Gasteiger partial charge on any atom is -0.0603 e. The van der Waals surface area contributed by atoms with Crippen LogP contribution in [0.4, 0.5) is 0 Å². The third-order valence-corrected chi connectivity index (χ3v) is 3.33. The van der Waals surface area contributed by atoms with Crippen molar-refractivity contribution in [2.75, 3.05) is 0 Å². The molecule has 0 saturated carbocycles. The third kappa shape index (κ3) is 2.78. The van der Waals surface area contributed by atoms with Gasteiger partial charge in [0.15, 0.2) is 0 Å². The molecule has 1 aromatic rings. The molecule has 0 radical (unpaired) electrons. The summed E-state index contributed by atoms with van der Waals surface area (Å²) in [6, 6.07) is 8.92. The fraction of sp³-hybridized carbons (Fsp3) is 0.538. The summed E-state index contributed by atoms with van der Waals surface area (Å²) in [6.45, 7) is 8.92. The molecule has 0 nitrogen and oxygen atoms in total. The largest absolute Gasteiger partial charge is 0.138 e. The van der Waals surface area contributed by atoms with Crippen LogP contribution in [-0.2, 0) is 18.0 Å². The van der Waals surface area contributed by atoms with Gasteiger partial charge < -0.3 is 0 Å². The summed E-state index contributed by atoms with van der Waals surface area (Å²) in [5.41, 5.74) is 3.03. The molecule has 1 unspecified atom stereocenters. The standard InChI is InChI=1S/C13H20S/c1-5-12(14)10-6-8-11(9-7-10)13(2,3)4/h6-9,12,14H,5H2,1-4H3/p+1. The van der Waals surface area contributed by atoms with Crippen LogP contribution in [0.3, 0.4) is 0 Å². The molecular formula is C13H21S+. The molecule has 1 aromatic carbocycles. The first-order valence-corrected chi connectivity index (χ1v) is 5.84. The highest BCUT2D eigenvalue weighted by Gasteiger charge is 2.14. The predicted molar refractivity (Wildman–Crippen MR) is 68.3 cm³/mol. The lowest BCUT2D eigenvalue weighted by Gasteiger charge is -2.19. The Bertz CT molecular complexity index is 279. The molecule has 0 N–H and O–H groups in total. The molecule has 1 heteroatoms. The van der Waals surface area contributed by atoms with Gasteiger partial charge in [0.05, 0.1) is 0 Å². The van der Waals surface area contributed by atoms with E-state index >= 15 is 0 Å². The molecule has 0 spiro atoms. The SMILES string of the molecule is CCC([SH2+])c1ccc(C(C)(C)C)cc1. The van der Waals surface area contributed by atoms with Crippen molar-refractivity contribution in [1.82, 2.24) is 0 Å². The minimum atomic E-state index is 0.256. The van der Waals surface area contributed by atoms with Crippen molar-refractivity contribution in [3.05, 3.63) is 35.4 Å². The van der Waals surface area contributed by atoms with E-state index in [0.717, 1.165) is 6.42 Å². The van der Waals surface area contributed by atoms with E-state index in [1.165, 1.54) is 11.1 Å². The van der Waals surface area contributed by atoms with E-state index < -0.39 is 0 Å². The van der Waals surface area contributed by atoms with Gasteiger partial charge in [-0.05, 0) is 30.0 Å². The number of rotatable bonds is 2. The van der Waals surface area contributed by atoms with Gasteiger partial charge in [0.25, 0.3) is 0 Å². The van der Waals surface area contributed by atoms with Crippen LogP contribution in [0.2, 0.25) is 0 Å². The molecule has 0 bridgehead atoms. The molecule has 0 aromatic heterocycles. The Balaban J connectivity index is 2.89. The number of hydrogen-bond acceptors (Lipinski definition) is 0. The molecule has 0 aliphatic rings. The van der Waals surface area contributed by atoms with Gasteiger partial charge in [-0.1, -0.05) is 52.0 Å². The average Bonchev–Trinajstić information content (AvgIpc) is 2.15. The smallest absolute Gasteiger partial charge is 0.0603 e.